The van der Waals surface area contributed by atoms with E-state index in [2.05, 4.69) is 9.97 Å². The monoisotopic (exact) mass is 366 g/mol. The third-order valence-corrected chi connectivity index (χ3v) is 4.22. The van der Waals surface area contributed by atoms with Crippen molar-refractivity contribution in [1.82, 2.24) is 9.97 Å². The molecule has 0 aliphatic carbocycles. The highest BCUT2D eigenvalue weighted by Gasteiger charge is 2.28. The molecule has 0 saturated heterocycles. The first-order valence-electron chi connectivity index (χ1n) is 7.68. The van der Waals surface area contributed by atoms with E-state index in [4.69, 9.17) is 21.4 Å². The fraction of sp³-hybridized carbons (Fsp3) is 0.375. The van der Waals surface area contributed by atoms with Gasteiger partial charge in [0.15, 0.2) is 0 Å². The second-order valence-electron chi connectivity index (χ2n) is 5.38. The number of likely N-dealkylation sites (N-methyl/N-ethyl adjacent to an activating group) is 1. The molecule has 8 nitrogen and oxygen atoms in total. The Hall–Kier alpha value is -2.45. The van der Waals surface area contributed by atoms with Crippen LogP contribution in [0.2, 0.25) is 5.02 Å². The lowest BCUT2D eigenvalue weighted by Crippen LogP contribution is -2.28. The van der Waals surface area contributed by atoms with Crippen LogP contribution in [-0.4, -0.2) is 39.7 Å². The first-order chi connectivity index (χ1) is 11.9. The van der Waals surface area contributed by atoms with Gasteiger partial charge in [-0.1, -0.05) is 11.6 Å². The third-order valence-electron chi connectivity index (χ3n) is 3.63. The Morgan fingerprint density at radius 1 is 1.32 bits per heavy atom. The van der Waals surface area contributed by atoms with Crippen molar-refractivity contribution < 1.29 is 14.8 Å². The van der Waals surface area contributed by atoms with Crippen LogP contribution >= 0.6 is 11.6 Å². The average molecular weight is 367 g/mol. The van der Waals surface area contributed by atoms with Gasteiger partial charge in [0.05, 0.1) is 11.5 Å². The van der Waals surface area contributed by atoms with Crippen LogP contribution in [0.5, 0.6) is 11.6 Å². The van der Waals surface area contributed by atoms with Gasteiger partial charge >= 0.3 is 11.6 Å². The van der Waals surface area contributed by atoms with Gasteiger partial charge in [0.2, 0.25) is 5.82 Å². The van der Waals surface area contributed by atoms with E-state index >= 15 is 0 Å². The van der Waals surface area contributed by atoms with Crippen LogP contribution in [0.3, 0.4) is 0 Å². The van der Waals surface area contributed by atoms with Crippen molar-refractivity contribution in [2.75, 3.05) is 24.6 Å². The Kier molecular flexibility index (Phi) is 6.11. The Morgan fingerprint density at radius 3 is 2.48 bits per heavy atom. The Bertz CT molecular complexity index is 762. The van der Waals surface area contributed by atoms with E-state index in [0.717, 1.165) is 11.1 Å². The zero-order valence-corrected chi connectivity index (χ0v) is 14.9. The van der Waals surface area contributed by atoms with Gasteiger partial charge in [0.25, 0.3) is 0 Å². The lowest BCUT2D eigenvalue weighted by atomic mass is 10.1. The summed E-state index contributed by atoms with van der Waals surface area (Å²) >= 11 is 6.13. The number of ether oxygens (including phenoxy) is 1. The van der Waals surface area contributed by atoms with Gasteiger partial charge in [-0.3, -0.25) is 10.1 Å². The van der Waals surface area contributed by atoms with Gasteiger partial charge in [0, 0.05) is 18.1 Å². The molecule has 0 aliphatic heterocycles. The molecule has 2 rings (SSSR count). The number of nitrogens with zero attached hydrogens (tertiary/aromatic N) is 4. The Balaban J connectivity index is 2.49. The van der Waals surface area contributed by atoms with Gasteiger partial charge in [0.1, 0.15) is 12.1 Å². The lowest BCUT2D eigenvalue weighted by Gasteiger charge is -2.20. The highest BCUT2D eigenvalue weighted by atomic mass is 35.5. The van der Waals surface area contributed by atoms with E-state index in [-0.39, 0.29) is 30.5 Å². The largest absolute Gasteiger partial charge is 0.434 e. The summed E-state index contributed by atoms with van der Waals surface area (Å²) < 4.78 is 5.66. The van der Waals surface area contributed by atoms with Gasteiger partial charge in [-0.2, -0.15) is 4.98 Å². The molecular weight excluding hydrogens is 348 g/mol. The van der Waals surface area contributed by atoms with Gasteiger partial charge in [-0.05, 0) is 44.0 Å². The van der Waals surface area contributed by atoms with Gasteiger partial charge < -0.3 is 14.7 Å². The molecule has 0 saturated carbocycles. The minimum Gasteiger partial charge on any atom is -0.434 e. The molecule has 0 amide bonds. The van der Waals surface area contributed by atoms with Crippen LogP contribution in [0.1, 0.15) is 18.1 Å². The standard InChI is InChI=1S/C16H19ClN4O4/c1-4-20(5-6-22)15-14(21(23)24)16(19-9-18-15)25-12-7-10(2)13(17)11(3)8-12/h7-9,22H,4-6H2,1-3H3. The highest BCUT2D eigenvalue weighted by Crippen LogP contribution is 2.37. The number of hydrogen-bond donors (Lipinski definition) is 1. The lowest BCUT2D eigenvalue weighted by molar-refractivity contribution is -0.385. The average Bonchev–Trinajstić information content (AvgIpc) is 2.57. The normalized spacial score (nSPS) is 10.6. The van der Waals surface area contributed by atoms with Crippen molar-refractivity contribution in [3.05, 3.63) is 44.7 Å². The number of aliphatic hydroxyl groups excluding tert-OH is 1. The molecule has 1 aromatic carbocycles. The first-order valence-corrected chi connectivity index (χ1v) is 8.06. The van der Waals surface area contributed by atoms with Crippen LogP contribution in [0, 0.1) is 24.0 Å². The maximum absolute atomic E-state index is 11.6. The first kappa shape index (κ1) is 18.9. The van der Waals surface area contributed by atoms with E-state index in [0.29, 0.717) is 17.3 Å². The van der Waals surface area contributed by atoms with Crippen molar-refractivity contribution in [2.45, 2.75) is 20.8 Å². The van der Waals surface area contributed by atoms with E-state index < -0.39 is 4.92 Å². The zero-order valence-electron chi connectivity index (χ0n) is 14.2. The predicted octanol–water partition coefficient (Wildman–Crippen LogP) is 3.27. The Labute approximate surface area is 150 Å². The quantitative estimate of drug-likeness (QED) is 0.592. The number of aryl methyl sites for hydroxylation is 2. The summed E-state index contributed by atoms with van der Waals surface area (Å²) in [7, 11) is 0. The van der Waals surface area contributed by atoms with Crippen LogP contribution in [0.15, 0.2) is 18.5 Å². The second kappa shape index (κ2) is 8.09. The molecule has 0 fully saturated rings. The number of rotatable bonds is 7. The van der Waals surface area contributed by atoms with Crippen molar-refractivity contribution in [2.24, 2.45) is 0 Å². The molecule has 1 aromatic heterocycles. The summed E-state index contributed by atoms with van der Waals surface area (Å²) in [6.45, 7) is 5.96. The van der Waals surface area contributed by atoms with Gasteiger partial charge in [-0.15, -0.1) is 0 Å². The smallest absolute Gasteiger partial charge is 0.373 e. The molecule has 1 N–H and O–H groups in total. The van der Waals surface area contributed by atoms with Crippen LogP contribution < -0.4 is 9.64 Å². The zero-order chi connectivity index (χ0) is 18.6. The maximum atomic E-state index is 11.6. The van der Waals surface area contributed by atoms with Crippen molar-refractivity contribution in [3.8, 4) is 11.6 Å². The molecule has 134 valence electrons. The van der Waals surface area contributed by atoms with E-state index in [1.807, 2.05) is 20.8 Å². The minimum atomic E-state index is -0.583. The predicted molar refractivity (Wildman–Crippen MR) is 94.7 cm³/mol. The summed E-state index contributed by atoms with van der Waals surface area (Å²) in [6, 6.07) is 3.37. The molecule has 0 unspecified atom stereocenters. The fourth-order valence-electron chi connectivity index (χ4n) is 2.43. The number of nitro groups is 1. The minimum absolute atomic E-state index is 0.106. The summed E-state index contributed by atoms with van der Waals surface area (Å²) in [6.07, 6.45) is 1.20. The van der Waals surface area contributed by atoms with E-state index in [1.165, 1.54) is 6.33 Å². The summed E-state index contributed by atoms with van der Waals surface area (Å²) in [5.41, 5.74) is 1.25. The van der Waals surface area contributed by atoms with Crippen LogP contribution in [0.4, 0.5) is 11.5 Å². The number of aromatic nitrogens is 2. The van der Waals surface area contributed by atoms with Crippen LogP contribution in [0.25, 0.3) is 0 Å². The molecule has 0 spiro atoms. The van der Waals surface area contributed by atoms with Crippen molar-refractivity contribution in [1.29, 1.82) is 0 Å². The number of aliphatic hydroxyl groups is 1. The molecule has 1 heterocycles. The molecule has 0 atom stereocenters. The number of halogens is 1. The number of benzene rings is 1. The molecule has 9 heteroatoms. The van der Waals surface area contributed by atoms with Crippen molar-refractivity contribution >= 4 is 23.1 Å². The number of hydrogen-bond acceptors (Lipinski definition) is 7. The highest BCUT2D eigenvalue weighted by molar-refractivity contribution is 6.32. The molecule has 0 radical (unpaired) electrons. The second-order valence-corrected chi connectivity index (χ2v) is 5.76. The van der Waals surface area contributed by atoms with E-state index in [9.17, 15) is 10.1 Å². The SMILES string of the molecule is CCN(CCO)c1ncnc(Oc2cc(C)c(Cl)c(C)c2)c1[N+](=O)[O-]. The molecule has 25 heavy (non-hydrogen) atoms. The summed E-state index contributed by atoms with van der Waals surface area (Å²) in [5.74, 6) is 0.346. The van der Waals surface area contributed by atoms with Crippen LogP contribution in [-0.2, 0) is 0 Å². The molecule has 2 aromatic rings. The van der Waals surface area contributed by atoms with E-state index in [1.54, 1.807) is 17.0 Å². The summed E-state index contributed by atoms with van der Waals surface area (Å²) in [5, 5.41) is 21.3. The molecular formula is C16H19ClN4O4. The topological polar surface area (TPSA) is 102 Å². The molecule has 0 bridgehead atoms. The summed E-state index contributed by atoms with van der Waals surface area (Å²) in [4.78, 5) is 20.5. The Morgan fingerprint density at radius 2 is 1.96 bits per heavy atom. The third kappa shape index (κ3) is 4.15. The fourth-order valence-corrected chi connectivity index (χ4v) is 2.54. The number of anilines is 1. The maximum Gasteiger partial charge on any atom is 0.373 e. The van der Waals surface area contributed by atoms with Gasteiger partial charge in [-0.25, -0.2) is 4.98 Å². The van der Waals surface area contributed by atoms with Crippen molar-refractivity contribution in [3.63, 3.8) is 0 Å². The molecule has 0 aliphatic rings.